The highest BCUT2D eigenvalue weighted by molar-refractivity contribution is 7.89. The topological polar surface area (TPSA) is 58.2 Å². The van der Waals surface area contributed by atoms with Crippen molar-refractivity contribution in [1.82, 2.24) is 10.0 Å². The van der Waals surface area contributed by atoms with Crippen LogP contribution in [-0.4, -0.2) is 33.3 Å². The highest BCUT2D eigenvalue weighted by atomic mass is 32.2. The number of piperidine rings is 1. The fourth-order valence-corrected chi connectivity index (χ4v) is 3.75. The Hall–Kier alpha value is -0.130. The molecule has 1 saturated heterocycles. The van der Waals surface area contributed by atoms with Gasteiger partial charge in [0.2, 0.25) is 10.0 Å². The first-order valence-corrected chi connectivity index (χ1v) is 7.14. The molecule has 0 aromatic heterocycles. The van der Waals surface area contributed by atoms with Crippen molar-refractivity contribution in [2.45, 2.75) is 39.7 Å². The molecule has 1 atom stereocenters. The van der Waals surface area contributed by atoms with Gasteiger partial charge >= 0.3 is 0 Å². The lowest BCUT2D eigenvalue weighted by atomic mass is 10.0. The molecule has 0 radical (unpaired) electrons. The molecule has 1 fully saturated rings. The molecule has 0 aromatic carbocycles. The van der Waals surface area contributed by atoms with Crippen LogP contribution in [0, 0.1) is 5.41 Å². The molecule has 90 valence electrons. The highest BCUT2D eigenvalue weighted by Gasteiger charge is 2.25. The van der Waals surface area contributed by atoms with Gasteiger partial charge in [-0.25, -0.2) is 13.1 Å². The monoisotopic (exact) mass is 234 g/mol. The third kappa shape index (κ3) is 5.49. The van der Waals surface area contributed by atoms with Crippen LogP contribution in [0.3, 0.4) is 0 Å². The van der Waals surface area contributed by atoms with Crippen LogP contribution >= 0.6 is 0 Å². The van der Waals surface area contributed by atoms with Crippen molar-refractivity contribution in [3.8, 4) is 0 Å². The van der Waals surface area contributed by atoms with Crippen LogP contribution in [0.2, 0.25) is 0 Å². The molecule has 0 aliphatic carbocycles. The normalized spacial score (nSPS) is 24.1. The van der Waals surface area contributed by atoms with Crippen molar-refractivity contribution in [1.29, 1.82) is 0 Å². The van der Waals surface area contributed by atoms with Crippen molar-refractivity contribution in [2.75, 3.05) is 18.8 Å². The maximum atomic E-state index is 11.8. The van der Waals surface area contributed by atoms with E-state index < -0.39 is 10.0 Å². The van der Waals surface area contributed by atoms with Gasteiger partial charge in [0, 0.05) is 12.6 Å². The van der Waals surface area contributed by atoms with Crippen LogP contribution in [0.4, 0.5) is 0 Å². The van der Waals surface area contributed by atoms with Crippen LogP contribution in [0.15, 0.2) is 0 Å². The van der Waals surface area contributed by atoms with Gasteiger partial charge in [0.1, 0.15) is 0 Å². The molecular weight excluding hydrogens is 212 g/mol. The summed E-state index contributed by atoms with van der Waals surface area (Å²) in [7, 11) is -3.13. The van der Waals surface area contributed by atoms with E-state index in [0.717, 1.165) is 25.9 Å². The summed E-state index contributed by atoms with van der Waals surface area (Å²) in [6, 6.07) is 0.0751. The average Bonchev–Trinajstić information content (AvgIpc) is 1.99. The van der Waals surface area contributed by atoms with Crippen LogP contribution < -0.4 is 10.0 Å². The van der Waals surface area contributed by atoms with E-state index in [9.17, 15) is 8.42 Å². The molecule has 1 aliphatic rings. The van der Waals surface area contributed by atoms with Gasteiger partial charge in [0.15, 0.2) is 0 Å². The Morgan fingerprint density at radius 1 is 1.40 bits per heavy atom. The summed E-state index contributed by atoms with van der Waals surface area (Å²) in [4.78, 5) is 0. The van der Waals surface area contributed by atoms with Gasteiger partial charge in [-0.05, 0) is 24.8 Å². The van der Waals surface area contributed by atoms with E-state index in [4.69, 9.17) is 0 Å². The molecule has 0 spiro atoms. The van der Waals surface area contributed by atoms with Gasteiger partial charge in [-0.15, -0.1) is 0 Å². The minimum absolute atomic E-state index is 0.0751. The Bertz CT molecular complexity index is 287. The van der Waals surface area contributed by atoms with E-state index >= 15 is 0 Å². The zero-order valence-electron chi connectivity index (χ0n) is 9.84. The summed E-state index contributed by atoms with van der Waals surface area (Å²) in [6.07, 6.45) is 1.99. The van der Waals surface area contributed by atoms with E-state index in [-0.39, 0.29) is 17.2 Å². The molecule has 0 aromatic rings. The summed E-state index contributed by atoms with van der Waals surface area (Å²) in [5.74, 6) is 0.191. The van der Waals surface area contributed by atoms with Crippen molar-refractivity contribution in [3.05, 3.63) is 0 Å². The number of sulfonamides is 1. The molecule has 15 heavy (non-hydrogen) atoms. The van der Waals surface area contributed by atoms with Crippen LogP contribution in [0.5, 0.6) is 0 Å². The standard InChI is InChI=1S/C10H22N2O2S/c1-10(2,3)8-15(13,14)12-9-5-4-6-11-7-9/h9,11-12H,4-8H2,1-3H3/t9-/m0/s1. The van der Waals surface area contributed by atoms with E-state index in [2.05, 4.69) is 10.0 Å². The van der Waals surface area contributed by atoms with Crippen molar-refractivity contribution >= 4 is 10.0 Å². The Labute approximate surface area is 92.9 Å². The summed E-state index contributed by atoms with van der Waals surface area (Å²) in [5, 5.41) is 3.19. The number of nitrogens with one attached hydrogen (secondary N) is 2. The number of hydrogen-bond donors (Lipinski definition) is 2. The molecule has 1 heterocycles. The lowest BCUT2D eigenvalue weighted by Crippen LogP contribution is -2.47. The molecule has 1 rings (SSSR count). The molecule has 2 N–H and O–H groups in total. The van der Waals surface area contributed by atoms with E-state index in [0.29, 0.717) is 0 Å². The third-order valence-electron chi connectivity index (χ3n) is 2.27. The van der Waals surface area contributed by atoms with Crippen LogP contribution in [0.1, 0.15) is 33.6 Å². The molecule has 0 saturated carbocycles. The second-order valence-electron chi connectivity index (χ2n) is 5.48. The smallest absolute Gasteiger partial charge is 0.212 e. The predicted octanol–water partition coefficient (Wildman–Crippen LogP) is 0.704. The first kappa shape index (κ1) is 12.9. The Morgan fingerprint density at radius 2 is 2.07 bits per heavy atom. The maximum absolute atomic E-state index is 11.8. The fraction of sp³-hybridized carbons (Fsp3) is 1.00. The van der Waals surface area contributed by atoms with E-state index in [1.54, 1.807) is 0 Å². The van der Waals surface area contributed by atoms with Gasteiger partial charge in [-0.3, -0.25) is 0 Å². The minimum atomic E-state index is -3.13. The minimum Gasteiger partial charge on any atom is -0.315 e. The first-order valence-electron chi connectivity index (χ1n) is 5.49. The van der Waals surface area contributed by atoms with Crippen molar-refractivity contribution in [2.24, 2.45) is 5.41 Å². The van der Waals surface area contributed by atoms with E-state index in [1.807, 2.05) is 20.8 Å². The lowest BCUT2D eigenvalue weighted by Gasteiger charge is -2.26. The van der Waals surface area contributed by atoms with E-state index in [1.165, 1.54) is 0 Å². The summed E-state index contributed by atoms with van der Waals surface area (Å²) in [5.41, 5.74) is -0.187. The molecule has 1 aliphatic heterocycles. The average molecular weight is 234 g/mol. The second-order valence-corrected chi connectivity index (χ2v) is 7.23. The van der Waals surface area contributed by atoms with Gasteiger partial charge in [-0.2, -0.15) is 0 Å². The SMILES string of the molecule is CC(C)(C)CS(=O)(=O)N[C@H]1CCCNC1. The number of hydrogen-bond acceptors (Lipinski definition) is 3. The highest BCUT2D eigenvalue weighted by Crippen LogP contribution is 2.16. The third-order valence-corrected chi connectivity index (χ3v) is 4.20. The summed E-state index contributed by atoms with van der Waals surface area (Å²) < 4.78 is 26.3. The fourth-order valence-electron chi connectivity index (χ4n) is 1.82. The predicted molar refractivity (Wildman–Crippen MR) is 62.3 cm³/mol. The molecular formula is C10H22N2O2S. The second kappa shape index (κ2) is 4.80. The van der Waals surface area contributed by atoms with Crippen molar-refractivity contribution < 1.29 is 8.42 Å². The largest absolute Gasteiger partial charge is 0.315 e. The van der Waals surface area contributed by atoms with Gasteiger partial charge in [0.05, 0.1) is 5.75 Å². The van der Waals surface area contributed by atoms with Crippen LogP contribution in [-0.2, 0) is 10.0 Å². The Kier molecular flexibility index (Phi) is 4.14. The molecule has 4 nitrogen and oxygen atoms in total. The summed E-state index contributed by atoms with van der Waals surface area (Å²) >= 11 is 0. The van der Waals surface area contributed by atoms with Gasteiger partial charge in [0.25, 0.3) is 0 Å². The first-order chi connectivity index (χ1) is 6.79. The molecule has 5 heteroatoms. The Morgan fingerprint density at radius 3 is 2.53 bits per heavy atom. The zero-order chi connectivity index (χ0) is 11.5. The summed E-state index contributed by atoms with van der Waals surface area (Å²) in [6.45, 7) is 7.56. The lowest BCUT2D eigenvalue weighted by molar-refractivity contribution is 0.417. The van der Waals surface area contributed by atoms with Crippen LogP contribution in [0.25, 0.3) is 0 Å². The molecule has 0 amide bonds. The van der Waals surface area contributed by atoms with Gasteiger partial charge < -0.3 is 5.32 Å². The molecule has 0 bridgehead atoms. The van der Waals surface area contributed by atoms with Crippen molar-refractivity contribution in [3.63, 3.8) is 0 Å². The molecule has 0 unspecified atom stereocenters. The Balaban J connectivity index is 2.48. The zero-order valence-corrected chi connectivity index (χ0v) is 10.7. The maximum Gasteiger partial charge on any atom is 0.212 e. The van der Waals surface area contributed by atoms with Gasteiger partial charge in [-0.1, -0.05) is 20.8 Å². The quantitative estimate of drug-likeness (QED) is 0.756. The number of rotatable bonds is 3.